The van der Waals surface area contributed by atoms with Crippen molar-refractivity contribution in [1.29, 1.82) is 0 Å². The number of hydrogen-bond acceptors (Lipinski definition) is 5. The molecular weight excluding hydrogens is 447 g/mol. The number of rotatable bonds is 3. The van der Waals surface area contributed by atoms with Crippen LogP contribution in [0.15, 0.2) is 42.0 Å². The molecule has 1 spiro atoms. The van der Waals surface area contributed by atoms with Gasteiger partial charge in [-0.25, -0.2) is 4.79 Å². The number of carboxylic acids is 1. The normalized spacial score (nSPS) is 17.8. The third-order valence-corrected chi connectivity index (χ3v) is 6.56. The summed E-state index contributed by atoms with van der Waals surface area (Å²) in [6, 6.07) is 7.71. The molecule has 172 valence electrons. The van der Waals surface area contributed by atoms with Crippen molar-refractivity contribution in [2.45, 2.75) is 43.9 Å². The molecule has 2 saturated heterocycles. The number of nitrogens with zero attached hydrogens (tertiary/aromatic N) is 3. The summed E-state index contributed by atoms with van der Waals surface area (Å²) in [6.07, 6.45) is 1.72. The molecule has 2 aromatic rings. The van der Waals surface area contributed by atoms with Crippen LogP contribution in [-0.2, 0) is 16.1 Å². The molecule has 0 radical (unpaired) electrons. The van der Waals surface area contributed by atoms with Crippen LogP contribution < -0.4 is 0 Å². The van der Waals surface area contributed by atoms with E-state index in [9.17, 15) is 22.8 Å². The molecule has 4 rings (SSSR count). The SMILES string of the molecule is O=C(O)C(F)(F)F.O=C(c1cccs1)N1CCC2(CCC(=O)N2Cc2cccnc2)CC1. The number of carboxylic acid groups (broad SMARTS) is 1. The minimum atomic E-state index is -5.08. The van der Waals surface area contributed by atoms with Gasteiger partial charge >= 0.3 is 12.1 Å². The summed E-state index contributed by atoms with van der Waals surface area (Å²) in [4.78, 5) is 42.9. The van der Waals surface area contributed by atoms with Gasteiger partial charge in [-0.2, -0.15) is 13.2 Å². The maximum atomic E-state index is 12.5. The highest BCUT2D eigenvalue weighted by molar-refractivity contribution is 7.12. The second-order valence-corrected chi connectivity index (χ2v) is 8.59. The van der Waals surface area contributed by atoms with Gasteiger partial charge in [0.15, 0.2) is 0 Å². The van der Waals surface area contributed by atoms with Crippen molar-refractivity contribution < 1.29 is 32.7 Å². The van der Waals surface area contributed by atoms with Crippen LogP contribution in [0, 0.1) is 0 Å². The Kier molecular flexibility index (Phi) is 7.17. The molecule has 2 aromatic heterocycles. The first-order valence-corrected chi connectivity index (χ1v) is 10.8. The molecule has 2 fully saturated rings. The van der Waals surface area contributed by atoms with Crippen LogP contribution in [0.25, 0.3) is 0 Å². The van der Waals surface area contributed by atoms with Crippen LogP contribution in [0.5, 0.6) is 0 Å². The van der Waals surface area contributed by atoms with Crippen LogP contribution >= 0.6 is 11.3 Å². The molecule has 11 heteroatoms. The molecule has 32 heavy (non-hydrogen) atoms. The minimum Gasteiger partial charge on any atom is -0.475 e. The first-order valence-electron chi connectivity index (χ1n) is 9.95. The summed E-state index contributed by atoms with van der Waals surface area (Å²) in [5, 5.41) is 9.06. The van der Waals surface area contributed by atoms with E-state index in [-0.39, 0.29) is 17.4 Å². The van der Waals surface area contributed by atoms with Crippen LogP contribution in [0.4, 0.5) is 13.2 Å². The van der Waals surface area contributed by atoms with E-state index in [1.54, 1.807) is 6.20 Å². The fraction of sp³-hybridized carbons (Fsp3) is 0.429. The fourth-order valence-corrected chi connectivity index (χ4v) is 4.70. The van der Waals surface area contributed by atoms with Crippen molar-refractivity contribution in [2.24, 2.45) is 0 Å². The molecule has 1 N–H and O–H groups in total. The van der Waals surface area contributed by atoms with Gasteiger partial charge in [-0.3, -0.25) is 14.6 Å². The summed E-state index contributed by atoms with van der Waals surface area (Å²) < 4.78 is 31.7. The molecule has 2 aliphatic heterocycles. The van der Waals surface area contributed by atoms with Crippen LogP contribution in [0.2, 0.25) is 0 Å². The molecular formula is C21H22F3N3O4S. The van der Waals surface area contributed by atoms with Crippen molar-refractivity contribution in [3.8, 4) is 0 Å². The lowest BCUT2D eigenvalue weighted by Gasteiger charge is -2.45. The van der Waals surface area contributed by atoms with E-state index in [2.05, 4.69) is 4.98 Å². The lowest BCUT2D eigenvalue weighted by Crippen LogP contribution is -2.53. The molecule has 0 saturated carbocycles. The number of carbonyl (C=O) groups excluding carboxylic acids is 2. The predicted octanol–water partition coefficient (Wildman–Crippen LogP) is 3.57. The Labute approximate surface area is 186 Å². The maximum Gasteiger partial charge on any atom is 0.490 e. The van der Waals surface area contributed by atoms with E-state index in [0.29, 0.717) is 26.1 Å². The zero-order chi connectivity index (χ0) is 23.4. The first-order chi connectivity index (χ1) is 15.1. The fourth-order valence-electron chi connectivity index (χ4n) is 4.01. The van der Waals surface area contributed by atoms with E-state index >= 15 is 0 Å². The Morgan fingerprint density at radius 1 is 1.16 bits per heavy atom. The molecule has 0 unspecified atom stereocenters. The number of thiophene rings is 1. The van der Waals surface area contributed by atoms with E-state index in [4.69, 9.17) is 9.90 Å². The number of hydrogen-bond donors (Lipinski definition) is 1. The van der Waals surface area contributed by atoms with E-state index in [1.807, 2.05) is 45.6 Å². The number of piperidine rings is 1. The Bertz CT molecular complexity index is 943. The first kappa shape index (κ1) is 23.7. The molecule has 0 atom stereocenters. The molecule has 0 bridgehead atoms. The van der Waals surface area contributed by atoms with Gasteiger partial charge < -0.3 is 14.9 Å². The zero-order valence-electron chi connectivity index (χ0n) is 17.0. The van der Waals surface area contributed by atoms with Crippen molar-refractivity contribution in [3.63, 3.8) is 0 Å². The minimum absolute atomic E-state index is 0.0981. The van der Waals surface area contributed by atoms with Crippen molar-refractivity contribution in [1.82, 2.24) is 14.8 Å². The van der Waals surface area contributed by atoms with Gasteiger partial charge in [0.1, 0.15) is 0 Å². The van der Waals surface area contributed by atoms with Gasteiger partial charge in [-0.15, -0.1) is 11.3 Å². The van der Waals surface area contributed by atoms with Gasteiger partial charge in [0.25, 0.3) is 5.91 Å². The van der Waals surface area contributed by atoms with Gasteiger partial charge in [0, 0.05) is 44.0 Å². The molecule has 2 amide bonds. The van der Waals surface area contributed by atoms with E-state index in [1.165, 1.54) is 11.3 Å². The molecule has 0 aliphatic carbocycles. The number of pyridine rings is 1. The average Bonchev–Trinajstić information content (AvgIpc) is 3.40. The summed E-state index contributed by atoms with van der Waals surface area (Å²) in [6.45, 7) is 2.05. The van der Waals surface area contributed by atoms with Crippen LogP contribution in [-0.4, -0.2) is 62.5 Å². The van der Waals surface area contributed by atoms with Crippen LogP contribution in [0.1, 0.15) is 40.9 Å². The lowest BCUT2D eigenvalue weighted by atomic mass is 9.84. The molecule has 2 aliphatic rings. The second-order valence-electron chi connectivity index (χ2n) is 7.64. The Morgan fingerprint density at radius 3 is 2.38 bits per heavy atom. The summed E-state index contributed by atoms with van der Waals surface area (Å²) in [7, 11) is 0. The summed E-state index contributed by atoms with van der Waals surface area (Å²) >= 11 is 1.49. The molecule has 4 heterocycles. The van der Waals surface area contributed by atoms with Gasteiger partial charge in [0.05, 0.1) is 4.88 Å². The third kappa shape index (κ3) is 5.45. The number of aliphatic carboxylic acids is 1. The second kappa shape index (κ2) is 9.68. The highest BCUT2D eigenvalue weighted by Crippen LogP contribution is 2.40. The topological polar surface area (TPSA) is 90.8 Å². The monoisotopic (exact) mass is 469 g/mol. The van der Waals surface area contributed by atoms with Gasteiger partial charge in [0.2, 0.25) is 5.91 Å². The summed E-state index contributed by atoms with van der Waals surface area (Å²) in [5.41, 5.74) is 0.966. The largest absolute Gasteiger partial charge is 0.490 e. The van der Waals surface area contributed by atoms with E-state index in [0.717, 1.165) is 29.7 Å². The Balaban J connectivity index is 0.000000360. The highest BCUT2D eigenvalue weighted by Gasteiger charge is 2.47. The smallest absolute Gasteiger partial charge is 0.475 e. The number of halogens is 3. The van der Waals surface area contributed by atoms with E-state index < -0.39 is 12.1 Å². The van der Waals surface area contributed by atoms with Crippen LogP contribution in [0.3, 0.4) is 0 Å². The number of likely N-dealkylation sites (tertiary alicyclic amines) is 2. The number of carbonyl (C=O) groups is 3. The van der Waals surface area contributed by atoms with Gasteiger partial charge in [-0.1, -0.05) is 12.1 Å². The third-order valence-electron chi connectivity index (χ3n) is 5.70. The zero-order valence-corrected chi connectivity index (χ0v) is 17.9. The Hall–Kier alpha value is -2.95. The Morgan fingerprint density at radius 2 is 1.84 bits per heavy atom. The summed E-state index contributed by atoms with van der Waals surface area (Å²) in [5.74, 6) is -2.41. The standard InChI is InChI=1S/C19H21N3O2S.C2HF3O2/c23-17-5-6-19(22(17)14-15-3-1-9-20-13-15)7-10-21(11-8-19)18(24)16-4-2-12-25-16;3-2(4,5)1(6)7/h1-4,9,12-13H,5-8,10-11,14H2;(H,6,7). The van der Waals surface area contributed by atoms with Gasteiger partial charge in [-0.05, 0) is 42.3 Å². The molecule has 7 nitrogen and oxygen atoms in total. The predicted molar refractivity (Wildman–Crippen MR) is 110 cm³/mol. The van der Waals surface area contributed by atoms with Crippen molar-refractivity contribution >= 4 is 29.1 Å². The highest BCUT2D eigenvalue weighted by atomic mass is 32.1. The quantitative estimate of drug-likeness (QED) is 0.742. The number of amides is 2. The number of aromatic nitrogens is 1. The maximum absolute atomic E-state index is 12.5. The average molecular weight is 469 g/mol. The lowest BCUT2D eigenvalue weighted by molar-refractivity contribution is -0.192. The molecule has 0 aromatic carbocycles. The number of alkyl halides is 3. The van der Waals surface area contributed by atoms with Crippen molar-refractivity contribution in [3.05, 3.63) is 52.5 Å². The van der Waals surface area contributed by atoms with Crippen molar-refractivity contribution in [2.75, 3.05) is 13.1 Å².